The van der Waals surface area contributed by atoms with E-state index in [0.717, 1.165) is 26.2 Å². The molecule has 0 fully saturated rings. The molecule has 0 aliphatic rings. The molecule has 12 rings (SSSR count). The summed E-state index contributed by atoms with van der Waals surface area (Å²) in [6.07, 6.45) is 0. The van der Waals surface area contributed by atoms with Gasteiger partial charge in [0.05, 0.1) is 11.0 Å². The van der Waals surface area contributed by atoms with Crippen molar-refractivity contribution in [3.63, 3.8) is 0 Å². The minimum absolute atomic E-state index is 0.952. The topological polar surface area (TPSA) is 19.7 Å². The molecule has 0 spiro atoms. The smallest absolute Gasteiger partial charge is 0.0571 e. The zero-order chi connectivity index (χ0) is 56.5. The number of para-hydroxylation sites is 6. The minimum Gasteiger partial charge on any atom is -0.341 e. The highest BCUT2D eigenvalue weighted by atomic mass is 15.0. The number of hydrogen-bond donors (Lipinski definition) is 0. The van der Waals surface area contributed by atoms with E-state index in [1.807, 2.05) is 111 Å². The van der Waals surface area contributed by atoms with Crippen molar-refractivity contribution in [3.05, 3.63) is 170 Å². The molecule has 12 aromatic rings. The second kappa shape index (κ2) is 32.4. The molecular weight excluding hydrogens is 921 g/mol. The Morgan fingerprint density at radius 2 is 0.461 bits per heavy atom. The average molecular weight is 1020 g/mol. The fourth-order valence-corrected chi connectivity index (χ4v) is 10.4. The highest BCUT2D eigenvalue weighted by molar-refractivity contribution is 6.18. The number of aromatic nitrogens is 4. The van der Waals surface area contributed by atoms with Crippen LogP contribution in [0.1, 0.15) is 138 Å². The summed E-state index contributed by atoms with van der Waals surface area (Å²) in [5.41, 5.74) is 15.7. The van der Waals surface area contributed by atoms with Gasteiger partial charge in [0.2, 0.25) is 0 Å². The molecule has 76 heavy (non-hydrogen) atoms. The van der Waals surface area contributed by atoms with Gasteiger partial charge in [-0.25, -0.2) is 0 Å². The Labute approximate surface area is 460 Å². The third-order valence-corrected chi connectivity index (χ3v) is 13.0. The molecule has 0 saturated carbocycles. The summed E-state index contributed by atoms with van der Waals surface area (Å²) in [7, 11) is 0. The maximum Gasteiger partial charge on any atom is 0.0571 e. The Bertz CT molecular complexity index is 3370. The summed E-state index contributed by atoms with van der Waals surface area (Å²) >= 11 is 0. The minimum atomic E-state index is 0.952. The fraction of sp³-hybridized carbons (Fsp3) is 0.333. The average Bonchev–Trinajstić information content (AvgIpc) is 4.28. The number of fused-ring (bicyclic) bond motifs is 12. The molecule has 0 aliphatic carbocycles. The lowest BCUT2D eigenvalue weighted by Gasteiger charge is -2.13. The van der Waals surface area contributed by atoms with Crippen molar-refractivity contribution in [2.24, 2.45) is 0 Å². The summed E-state index contributed by atoms with van der Waals surface area (Å²) < 4.78 is 9.79. The lowest BCUT2D eigenvalue weighted by Crippen LogP contribution is -1.98. The SMILES string of the molecule is CC.CC.CC.CC.CC.CC.CC.CC.CCn1c2ccccc2c2ccc(-c3ccc4c5ccccc5n(CC)c4c3)cc21.CCn1c2ccccc2c2cccc(-c3cccc4c5ccccc5n(CC)c34)c21. The van der Waals surface area contributed by atoms with Crippen LogP contribution in [-0.4, -0.2) is 18.3 Å². The second-order valence-corrected chi connectivity index (χ2v) is 15.9. The van der Waals surface area contributed by atoms with Gasteiger partial charge >= 0.3 is 0 Å². The molecule has 0 unspecified atom stereocenters. The van der Waals surface area contributed by atoms with Gasteiger partial charge in [0.25, 0.3) is 0 Å². The molecular formula is C72H96N4. The van der Waals surface area contributed by atoms with Gasteiger partial charge in [-0.2, -0.15) is 0 Å². The van der Waals surface area contributed by atoms with Crippen LogP contribution >= 0.6 is 0 Å². The Kier molecular flexibility index (Phi) is 27.0. The van der Waals surface area contributed by atoms with Gasteiger partial charge < -0.3 is 18.3 Å². The van der Waals surface area contributed by atoms with Crippen molar-refractivity contribution in [2.45, 2.75) is 165 Å². The highest BCUT2D eigenvalue weighted by Gasteiger charge is 2.19. The van der Waals surface area contributed by atoms with Gasteiger partial charge in [-0.05, 0) is 75.2 Å². The van der Waals surface area contributed by atoms with Crippen molar-refractivity contribution in [2.75, 3.05) is 0 Å². The van der Waals surface area contributed by atoms with Crippen LogP contribution < -0.4 is 0 Å². The van der Waals surface area contributed by atoms with E-state index in [1.54, 1.807) is 0 Å². The van der Waals surface area contributed by atoms with E-state index in [2.05, 4.69) is 216 Å². The Balaban J connectivity index is 0.000000318. The van der Waals surface area contributed by atoms with Crippen LogP contribution in [0.25, 0.3) is 109 Å². The molecule has 0 atom stereocenters. The maximum atomic E-state index is 2.47. The van der Waals surface area contributed by atoms with Crippen molar-refractivity contribution >= 4 is 87.2 Å². The lowest BCUT2D eigenvalue weighted by atomic mass is 9.99. The van der Waals surface area contributed by atoms with E-state index in [1.165, 1.54) is 109 Å². The summed E-state index contributed by atoms with van der Waals surface area (Å²) in [5.74, 6) is 0. The number of benzene rings is 8. The Morgan fingerprint density at radius 1 is 0.224 bits per heavy atom. The van der Waals surface area contributed by atoms with Crippen LogP contribution in [0.3, 0.4) is 0 Å². The van der Waals surface area contributed by atoms with E-state index in [4.69, 9.17) is 0 Å². The largest absolute Gasteiger partial charge is 0.341 e. The summed E-state index contributed by atoms with van der Waals surface area (Å²) in [4.78, 5) is 0. The number of aryl methyl sites for hydroxylation is 4. The van der Waals surface area contributed by atoms with Gasteiger partial charge in [-0.3, -0.25) is 0 Å². The molecule has 4 heteroatoms. The number of rotatable bonds is 6. The maximum absolute atomic E-state index is 2.47. The standard InChI is InChI=1S/2C28H24N2.8C2H6/c1-3-29-25-17-7-5-11-19(25)21-13-9-15-23(27(21)29)24-16-10-14-22-20-12-6-8-18-26(20)30(4-2)28(22)24;1-3-29-25-11-7-5-9-21(25)23-15-13-19(17-27(23)29)20-14-16-24-22-10-6-8-12-26(22)30(4-2)28(24)18-20;8*1-2/h2*5-18H,3-4H2,1-2H3;8*1-2H3. The van der Waals surface area contributed by atoms with Crippen molar-refractivity contribution in [3.8, 4) is 22.3 Å². The molecule has 4 nitrogen and oxygen atoms in total. The van der Waals surface area contributed by atoms with Gasteiger partial charge in [-0.15, -0.1) is 0 Å². The Hall–Kier alpha value is -7.04. The monoisotopic (exact) mass is 1020 g/mol. The molecule has 0 amide bonds. The van der Waals surface area contributed by atoms with E-state index in [0.29, 0.717) is 0 Å². The van der Waals surface area contributed by atoms with Crippen molar-refractivity contribution in [1.82, 2.24) is 18.3 Å². The third-order valence-electron chi connectivity index (χ3n) is 13.0. The van der Waals surface area contributed by atoms with Crippen LogP contribution in [0.5, 0.6) is 0 Å². The van der Waals surface area contributed by atoms with E-state index in [9.17, 15) is 0 Å². The third kappa shape index (κ3) is 12.1. The van der Waals surface area contributed by atoms with Gasteiger partial charge in [0.1, 0.15) is 0 Å². The highest BCUT2D eigenvalue weighted by Crippen LogP contribution is 2.41. The van der Waals surface area contributed by atoms with Crippen LogP contribution in [0, 0.1) is 0 Å². The normalized spacial score (nSPS) is 10.1. The van der Waals surface area contributed by atoms with Crippen LogP contribution in [0.2, 0.25) is 0 Å². The predicted octanol–water partition coefficient (Wildman–Crippen LogP) is 23.4. The molecule has 0 N–H and O–H groups in total. The molecule has 4 aromatic heterocycles. The van der Waals surface area contributed by atoms with Crippen LogP contribution in [0.4, 0.5) is 0 Å². The first-order valence-electron chi connectivity index (χ1n) is 29.7. The molecule has 8 aromatic carbocycles. The molecule has 0 bridgehead atoms. The van der Waals surface area contributed by atoms with Crippen LogP contribution in [-0.2, 0) is 26.2 Å². The zero-order valence-electron chi connectivity index (χ0n) is 50.8. The van der Waals surface area contributed by atoms with E-state index < -0.39 is 0 Å². The zero-order valence-corrected chi connectivity index (χ0v) is 50.8. The van der Waals surface area contributed by atoms with E-state index in [-0.39, 0.29) is 0 Å². The van der Waals surface area contributed by atoms with Crippen LogP contribution in [0.15, 0.2) is 170 Å². The molecule has 0 saturated heterocycles. The number of hydrogen-bond acceptors (Lipinski definition) is 0. The molecule has 404 valence electrons. The number of nitrogens with zero attached hydrogens (tertiary/aromatic N) is 4. The molecule has 0 aliphatic heterocycles. The Morgan fingerprint density at radius 3 is 0.750 bits per heavy atom. The lowest BCUT2D eigenvalue weighted by molar-refractivity contribution is 0.825. The van der Waals surface area contributed by atoms with Gasteiger partial charge in [0.15, 0.2) is 0 Å². The van der Waals surface area contributed by atoms with Gasteiger partial charge in [-0.1, -0.05) is 244 Å². The first kappa shape index (κ1) is 63.3. The molecule has 0 radical (unpaired) electrons. The second-order valence-electron chi connectivity index (χ2n) is 15.9. The quantitative estimate of drug-likeness (QED) is 0.158. The first-order valence-corrected chi connectivity index (χ1v) is 29.7. The summed E-state index contributed by atoms with van der Waals surface area (Å²) in [6, 6.07) is 62.4. The molecule has 4 heterocycles. The van der Waals surface area contributed by atoms with Crippen molar-refractivity contribution < 1.29 is 0 Å². The predicted molar refractivity (Wildman–Crippen MR) is 349 cm³/mol. The summed E-state index contributed by atoms with van der Waals surface area (Å²) in [5, 5.41) is 10.7. The first-order chi connectivity index (χ1) is 37.6. The summed E-state index contributed by atoms with van der Waals surface area (Å²) in [6.45, 7) is 44.8. The van der Waals surface area contributed by atoms with E-state index >= 15 is 0 Å². The fourth-order valence-electron chi connectivity index (χ4n) is 10.4. The van der Waals surface area contributed by atoms with Gasteiger partial charge in [0, 0.05) is 113 Å². The van der Waals surface area contributed by atoms with Crippen molar-refractivity contribution in [1.29, 1.82) is 0 Å².